The van der Waals surface area contributed by atoms with Gasteiger partial charge < -0.3 is 14.5 Å². The monoisotopic (exact) mass is 525 g/mol. The second-order valence-electron chi connectivity index (χ2n) is 10.5. The summed E-state index contributed by atoms with van der Waals surface area (Å²) in [6.07, 6.45) is 2.40. The minimum atomic E-state index is -0.700. The van der Waals surface area contributed by atoms with E-state index in [1.54, 1.807) is 9.80 Å². The quantitative estimate of drug-likeness (QED) is 0.413. The van der Waals surface area contributed by atoms with Crippen LogP contribution in [0.25, 0.3) is 0 Å². The first-order valence-electron chi connectivity index (χ1n) is 13.7. The van der Waals surface area contributed by atoms with Gasteiger partial charge in [-0.2, -0.15) is 0 Å². The maximum absolute atomic E-state index is 14.2. The van der Waals surface area contributed by atoms with Gasteiger partial charge in [0.15, 0.2) is 0 Å². The molecule has 1 fully saturated rings. The van der Waals surface area contributed by atoms with E-state index >= 15 is 0 Å². The summed E-state index contributed by atoms with van der Waals surface area (Å²) in [5.74, 6) is -0.0192. The number of piperidine rings is 1. The normalized spacial score (nSPS) is 17.1. The number of rotatable bonds is 6. The van der Waals surface area contributed by atoms with E-state index in [4.69, 9.17) is 4.74 Å². The molecule has 39 heavy (non-hydrogen) atoms. The van der Waals surface area contributed by atoms with Crippen LogP contribution in [0.2, 0.25) is 0 Å². The molecule has 5 rings (SSSR count). The van der Waals surface area contributed by atoms with Crippen LogP contribution < -0.4 is 9.80 Å². The molecule has 2 aliphatic rings. The van der Waals surface area contributed by atoms with E-state index in [1.807, 2.05) is 97.6 Å². The predicted octanol–water partition coefficient (Wildman–Crippen LogP) is 5.71. The zero-order valence-corrected chi connectivity index (χ0v) is 22.6. The Bertz CT molecular complexity index is 1320. The second kappa shape index (κ2) is 11.7. The summed E-state index contributed by atoms with van der Waals surface area (Å²) in [4.78, 5) is 45.1. The maximum Gasteiger partial charge on any atom is 0.411 e. The van der Waals surface area contributed by atoms with Crippen molar-refractivity contribution in [2.24, 2.45) is 0 Å². The van der Waals surface area contributed by atoms with Crippen molar-refractivity contribution in [3.63, 3.8) is 0 Å². The van der Waals surface area contributed by atoms with Gasteiger partial charge in [-0.3, -0.25) is 14.5 Å². The number of benzene rings is 3. The molecule has 0 unspecified atom stereocenters. The first-order valence-corrected chi connectivity index (χ1v) is 13.7. The Morgan fingerprint density at radius 2 is 1.62 bits per heavy atom. The molecule has 0 radical (unpaired) electrons. The molecule has 0 aromatic heterocycles. The molecule has 3 aromatic rings. The van der Waals surface area contributed by atoms with Gasteiger partial charge in [0.25, 0.3) is 5.91 Å². The molecule has 2 aliphatic heterocycles. The van der Waals surface area contributed by atoms with Crippen LogP contribution in [-0.4, -0.2) is 41.4 Å². The molecule has 0 N–H and O–H groups in total. The van der Waals surface area contributed by atoms with E-state index in [-0.39, 0.29) is 24.5 Å². The van der Waals surface area contributed by atoms with Crippen LogP contribution in [0.15, 0.2) is 78.9 Å². The van der Waals surface area contributed by atoms with E-state index in [9.17, 15) is 14.4 Å². The fourth-order valence-corrected chi connectivity index (χ4v) is 5.45. The highest BCUT2D eigenvalue weighted by Crippen LogP contribution is 2.30. The lowest BCUT2D eigenvalue weighted by atomic mass is 9.93. The van der Waals surface area contributed by atoms with E-state index in [1.165, 1.54) is 0 Å². The van der Waals surface area contributed by atoms with Gasteiger partial charge in [0.05, 0.1) is 6.54 Å². The van der Waals surface area contributed by atoms with Crippen molar-refractivity contribution in [3.05, 3.63) is 95.6 Å². The second-order valence-corrected chi connectivity index (χ2v) is 10.5. The molecular weight excluding hydrogens is 490 g/mol. The number of fused-ring (bicyclic) bond motifs is 1. The third-order valence-corrected chi connectivity index (χ3v) is 7.49. The van der Waals surface area contributed by atoms with Gasteiger partial charge in [0.1, 0.15) is 12.6 Å². The van der Waals surface area contributed by atoms with Crippen LogP contribution in [0.3, 0.4) is 0 Å². The molecule has 1 saturated heterocycles. The zero-order valence-electron chi connectivity index (χ0n) is 22.6. The SMILES string of the molecule is CC(C)N(C(=O)[C@@H]1Cc2ccccc2CN1C(=O)OCc1ccccc1)c1ccc(N2CCCCC2=O)cc1. The van der Waals surface area contributed by atoms with Crippen LogP contribution in [-0.2, 0) is 33.9 Å². The first-order chi connectivity index (χ1) is 18.9. The van der Waals surface area contributed by atoms with E-state index in [2.05, 4.69) is 0 Å². The predicted molar refractivity (Wildman–Crippen MR) is 151 cm³/mol. The highest BCUT2D eigenvalue weighted by molar-refractivity contribution is 6.00. The van der Waals surface area contributed by atoms with Crippen LogP contribution in [0.1, 0.15) is 49.8 Å². The smallest absolute Gasteiger partial charge is 0.411 e. The third kappa shape index (κ3) is 5.82. The van der Waals surface area contributed by atoms with Gasteiger partial charge in [-0.05, 0) is 67.6 Å². The minimum absolute atomic E-state index is 0.135. The van der Waals surface area contributed by atoms with Gasteiger partial charge >= 0.3 is 6.09 Å². The molecule has 202 valence electrons. The van der Waals surface area contributed by atoms with Gasteiger partial charge in [0.2, 0.25) is 5.91 Å². The van der Waals surface area contributed by atoms with Crippen molar-refractivity contribution in [2.45, 2.75) is 64.8 Å². The molecule has 0 saturated carbocycles. The van der Waals surface area contributed by atoms with Crippen molar-refractivity contribution < 1.29 is 19.1 Å². The summed E-state index contributed by atoms with van der Waals surface area (Å²) in [6, 6.07) is 24.2. The average molecular weight is 526 g/mol. The summed E-state index contributed by atoms with van der Waals surface area (Å²) >= 11 is 0. The van der Waals surface area contributed by atoms with Crippen LogP contribution in [0.5, 0.6) is 0 Å². The van der Waals surface area contributed by atoms with E-state index < -0.39 is 12.1 Å². The summed E-state index contributed by atoms with van der Waals surface area (Å²) < 4.78 is 5.68. The van der Waals surface area contributed by atoms with Crippen molar-refractivity contribution in [3.8, 4) is 0 Å². The van der Waals surface area contributed by atoms with Gasteiger partial charge in [-0.1, -0.05) is 54.6 Å². The Morgan fingerprint density at radius 3 is 2.31 bits per heavy atom. The molecule has 3 aromatic carbocycles. The molecule has 0 bridgehead atoms. The lowest BCUT2D eigenvalue weighted by Gasteiger charge is -2.39. The summed E-state index contributed by atoms with van der Waals surface area (Å²) in [7, 11) is 0. The average Bonchev–Trinajstić information content (AvgIpc) is 2.96. The molecule has 3 amide bonds. The summed E-state index contributed by atoms with van der Waals surface area (Å²) in [5, 5.41) is 0. The Balaban J connectivity index is 1.40. The van der Waals surface area contributed by atoms with Crippen molar-refractivity contribution in [2.75, 3.05) is 16.3 Å². The van der Waals surface area contributed by atoms with Crippen LogP contribution in [0.4, 0.5) is 16.2 Å². The molecule has 7 heteroatoms. The molecule has 2 heterocycles. The highest BCUT2D eigenvalue weighted by atomic mass is 16.6. The Morgan fingerprint density at radius 1 is 0.923 bits per heavy atom. The fourth-order valence-electron chi connectivity index (χ4n) is 5.45. The molecule has 0 spiro atoms. The summed E-state index contributed by atoms with van der Waals surface area (Å²) in [6.45, 7) is 5.10. The number of nitrogens with zero attached hydrogens (tertiary/aromatic N) is 3. The standard InChI is InChI=1S/C32H35N3O4/c1-23(2)35(28-17-15-27(16-18-28)33-19-9-8-14-30(33)36)31(37)29-20-25-12-6-7-13-26(25)21-34(29)32(38)39-22-24-10-4-3-5-11-24/h3-7,10-13,15-18,23,29H,8-9,14,19-22H2,1-2H3/t29-/m0/s1. The number of hydrogen-bond donors (Lipinski definition) is 0. The number of amides is 3. The van der Waals surface area contributed by atoms with Gasteiger partial charge in [-0.25, -0.2) is 4.79 Å². The first kappa shape index (κ1) is 26.5. The maximum atomic E-state index is 14.2. The molecule has 7 nitrogen and oxygen atoms in total. The van der Waals surface area contributed by atoms with Crippen molar-refractivity contribution in [1.82, 2.24) is 4.90 Å². The lowest BCUT2D eigenvalue weighted by molar-refractivity contribution is -0.124. The number of ether oxygens (including phenoxy) is 1. The Hall–Kier alpha value is -4.13. The minimum Gasteiger partial charge on any atom is -0.445 e. The lowest BCUT2D eigenvalue weighted by Crippen LogP contribution is -2.55. The topological polar surface area (TPSA) is 70.2 Å². The number of carbonyl (C=O) groups excluding carboxylic acids is 3. The van der Waals surface area contributed by atoms with Crippen molar-refractivity contribution >= 4 is 29.3 Å². The molecule has 1 atom stereocenters. The largest absolute Gasteiger partial charge is 0.445 e. The third-order valence-electron chi connectivity index (χ3n) is 7.49. The number of anilines is 2. The molecular formula is C32H35N3O4. The zero-order chi connectivity index (χ0) is 27.4. The van der Waals surface area contributed by atoms with Crippen molar-refractivity contribution in [1.29, 1.82) is 0 Å². The van der Waals surface area contributed by atoms with Crippen LogP contribution in [0, 0.1) is 0 Å². The van der Waals surface area contributed by atoms with Gasteiger partial charge in [0, 0.05) is 36.8 Å². The Kier molecular flexibility index (Phi) is 7.96. The molecule has 0 aliphatic carbocycles. The van der Waals surface area contributed by atoms with Crippen LogP contribution >= 0.6 is 0 Å². The Labute approximate surface area is 230 Å². The van der Waals surface area contributed by atoms with E-state index in [0.717, 1.165) is 40.9 Å². The summed E-state index contributed by atoms with van der Waals surface area (Å²) in [5.41, 5.74) is 4.55. The number of hydrogen-bond acceptors (Lipinski definition) is 4. The highest BCUT2D eigenvalue weighted by Gasteiger charge is 2.39. The van der Waals surface area contributed by atoms with E-state index in [0.29, 0.717) is 25.9 Å². The fraction of sp³-hybridized carbons (Fsp3) is 0.344. The van der Waals surface area contributed by atoms with Gasteiger partial charge in [-0.15, -0.1) is 0 Å². The number of carbonyl (C=O) groups is 3.